The van der Waals surface area contributed by atoms with E-state index in [-0.39, 0.29) is 11.5 Å². The minimum absolute atomic E-state index is 0.0492. The first-order valence-corrected chi connectivity index (χ1v) is 14.6. The lowest BCUT2D eigenvalue weighted by Gasteiger charge is -2.21. The highest BCUT2D eigenvalue weighted by molar-refractivity contribution is 8.16. The number of thioether (sulfide) groups is 2. The molecule has 0 aliphatic carbocycles. The van der Waals surface area contributed by atoms with E-state index in [1.165, 1.54) is 45.1 Å². The van der Waals surface area contributed by atoms with Crippen molar-refractivity contribution >= 4 is 51.1 Å². The number of esters is 1. The molecule has 1 heterocycles. The van der Waals surface area contributed by atoms with Gasteiger partial charge in [-0.05, 0) is 67.2 Å². The van der Waals surface area contributed by atoms with Gasteiger partial charge in [0.15, 0.2) is 12.7 Å². The SMILES string of the molecule is Cc1ccc(S(=O)(=O)N(C)C)cc1NC(=O)[C@H](C)OC(=O)COc1ccc(C2SCCCS2)cc1. The molecule has 0 spiro atoms. The molecule has 0 bridgehead atoms. The highest BCUT2D eigenvalue weighted by Crippen LogP contribution is 2.43. The van der Waals surface area contributed by atoms with E-state index in [9.17, 15) is 18.0 Å². The summed E-state index contributed by atoms with van der Waals surface area (Å²) in [6.45, 7) is 2.85. The lowest BCUT2D eigenvalue weighted by Crippen LogP contribution is -2.32. The Hall–Kier alpha value is -2.21. The van der Waals surface area contributed by atoms with Gasteiger partial charge in [-0.25, -0.2) is 17.5 Å². The summed E-state index contributed by atoms with van der Waals surface area (Å²) in [6.07, 6.45) is 0.137. The fourth-order valence-corrected chi connectivity index (χ4v) is 6.99. The summed E-state index contributed by atoms with van der Waals surface area (Å²) in [5.74, 6) is 1.60. The van der Waals surface area contributed by atoms with Crippen LogP contribution in [0.1, 0.15) is 29.1 Å². The summed E-state index contributed by atoms with van der Waals surface area (Å²) in [4.78, 5) is 24.8. The van der Waals surface area contributed by atoms with Crippen LogP contribution >= 0.6 is 23.5 Å². The Morgan fingerprint density at radius 3 is 2.40 bits per heavy atom. The molecule has 3 rings (SSSR count). The van der Waals surface area contributed by atoms with E-state index in [1.54, 1.807) is 13.0 Å². The summed E-state index contributed by atoms with van der Waals surface area (Å²) < 4.78 is 37.0. The number of aryl methyl sites for hydroxylation is 1. The maximum Gasteiger partial charge on any atom is 0.344 e. The lowest BCUT2D eigenvalue weighted by atomic mass is 10.2. The molecule has 1 amide bonds. The van der Waals surface area contributed by atoms with E-state index < -0.39 is 28.0 Å². The van der Waals surface area contributed by atoms with Crippen molar-refractivity contribution in [2.45, 2.75) is 35.8 Å². The Labute approximate surface area is 215 Å². The molecule has 1 atom stereocenters. The average Bonchev–Trinajstić information content (AvgIpc) is 2.84. The van der Waals surface area contributed by atoms with Gasteiger partial charge in [0, 0.05) is 19.8 Å². The Bertz CT molecular complexity index is 1150. The highest BCUT2D eigenvalue weighted by atomic mass is 32.2. The third kappa shape index (κ3) is 7.39. The van der Waals surface area contributed by atoms with Crippen LogP contribution in [-0.2, 0) is 24.3 Å². The quantitative estimate of drug-likeness (QED) is 0.477. The number of hydrogen-bond donors (Lipinski definition) is 1. The number of anilines is 1. The van der Waals surface area contributed by atoms with Gasteiger partial charge < -0.3 is 14.8 Å². The largest absolute Gasteiger partial charge is 0.482 e. The Balaban J connectivity index is 1.52. The van der Waals surface area contributed by atoms with Crippen LogP contribution in [0.5, 0.6) is 5.75 Å². The monoisotopic (exact) mass is 538 g/mol. The van der Waals surface area contributed by atoms with Gasteiger partial charge in [0.05, 0.1) is 9.48 Å². The smallest absolute Gasteiger partial charge is 0.344 e. The molecule has 11 heteroatoms. The maximum absolute atomic E-state index is 12.6. The number of amides is 1. The molecule has 35 heavy (non-hydrogen) atoms. The van der Waals surface area contributed by atoms with Crippen LogP contribution in [0.15, 0.2) is 47.4 Å². The first kappa shape index (κ1) is 27.4. The molecule has 1 fully saturated rings. The van der Waals surface area contributed by atoms with Gasteiger partial charge in [-0.2, -0.15) is 0 Å². The molecule has 2 aromatic rings. The second-order valence-corrected chi connectivity index (χ2v) is 13.0. The molecule has 1 N–H and O–H groups in total. The Kier molecular flexibility index (Phi) is 9.51. The van der Waals surface area contributed by atoms with Crippen molar-refractivity contribution in [2.75, 3.05) is 37.5 Å². The number of sulfonamides is 1. The van der Waals surface area contributed by atoms with Crippen LogP contribution in [0.2, 0.25) is 0 Å². The fraction of sp³-hybridized carbons (Fsp3) is 0.417. The van der Waals surface area contributed by atoms with Crippen molar-refractivity contribution in [3.05, 3.63) is 53.6 Å². The Morgan fingerprint density at radius 2 is 1.77 bits per heavy atom. The minimum Gasteiger partial charge on any atom is -0.482 e. The van der Waals surface area contributed by atoms with E-state index in [0.29, 0.717) is 21.6 Å². The third-order valence-electron chi connectivity index (χ3n) is 5.26. The zero-order valence-electron chi connectivity index (χ0n) is 20.1. The molecular weight excluding hydrogens is 508 g/mol. The van der Waals surface area contributed by atoms with E-state index in [1.807, 2.05) is 47.8 Å². The number of carbonyl (C=O) groups is 2. The van der Waals surface area contributed by atoms with Gasteiger partial charge >= 0.3 is 5.97 Å². The fourth-order valence-electron chi connectivity index (χ4n) is 3.17. The predicted octanol–water partition coefficient (Wildman–Crippen LogP) is 4.06. The second kappa shape index (κ2) is 12.2. The van der Waals surface area contributed by atoms with Crippen LogP contribution in [0, 0.1) is 6.92 Å². The molecular formula is C24H30N2O6S3. The maximum atomic E-state index is 12.6. The molecule has 190 valence electrons. The first-order chi connectivity index (χ1) is 16.6. The summed E-state index contributed by atoms with van der Waals surface area (Å²) in [5, 5.41) is 2.63. The highest BCUT2D eigenvalue weighted by Gasteiger charge is 2.22. The third-order valence-corrected chi connectivity index (χ3v) is 10.1. The molecule has 8 nitrogen and oxygen atoms in total. The Morgan fingerprint density at radius 1 is 1.11 bits per heavy atom. The van der Waals surface area contributed by atoms with Crippen LogP contribution in [-0.4, -0.2) is 62.9 Å². The summed E-state index contributed by atoms with van der Waals surface area (Å²) in [6, 6.07) is 12.1. The van der Waals surface area contributed by atoms with E-state index in [4.69, 9.17) is 9.47 Å². The summed E-state index contributed by atoms with van der Waals surface area (Å²) in [7, 11) is -0.795. The van der Waals surface area contributed by atoms with Crippen molar-refractivity contribution in [2.24, 2.45) is 0 Å². The van der Waals surface area contributed by atoms with E-state index in [0.717, 1.165) is 15.8 Å². The van der Waals surface area contributed by atoms with Gasteiger partial charge in [0.25, 0.3) is 5.91 Å². The van der Waals surface area contributed by atoms with Crippen molar-refractivity contribution in [3.63, 3.8) is 0 Å². The van der Waals surface area contributed by atoms with Crippen LogP contribution in [0.4, 0.5) is 5.69 Å². The lowest BCUT2D eigenvalue weighted by molar-refractivity contribution is -0.155. The van der Waals surface area contributed by atoms with Gasteiger partial charge in [-0.15, -0.1) is 23.5 Å². The van der Waals surface area contributed by atoms with Crippen LogP contribution in [0.25, 0.3) is 0 Å². The standard InChI is InChI=1S/C24H30N2O6S3/c1-16-6-11-20(35(29,30)26(3)4)14-21(16)25-23(28)17(2)32-22(27)15-31-19-9-7-18(8-10-19)24-33-12-5-13-34-24/h6-11,14,17,24H,5,12-13,15H2,1-4H3,(H,25,28)/t17-/m0/s1. The number of benzene rings is 2. The molecule has 1 saturated heterocycles. The van der Waals surface area contributed by atoms with Gasteiger partial charge in [-0.1, -0.05) is 18.2 Å². The second-order valence-electron chi connectivity index (χ2n) is 8.17. The zero-order valence-corrected chi connectivity index (χ0v) is 22.6. The van der Waals surface area contributed by atoms with Crippen molar-refractivity contribution in [1.82, 2.24) is 4.31 Å². The van der Waals surface area contributed by atoms with Gasteiger partial charge in [0.1, 0.15) is 5.75 Å². The molecule has 1 aliphatic rings. The minimum atomic E-state index is -3.66. The predicted molar refractivity (Wildman–Crippen MR) is 140 cm³/mol. The number of hydrogen-bond acceptors (Lipinski definition) is 8. The molecule has 0 radical (unpaired) electrons. The average molecular weight is 539 g/mol. The zero-order chi connectivity index (χ0) is 25.6. The molecule has 2 aromatic carbocycles. The van der Waals surface area contributed by atoms with E-state index in [2.05, 4.69) is 5.32 Å². The molecule has 0 aromatic heterocycles. The summed E-state index contributed by atoms with van der Waals surface area (Å²) in [5.41, 5.74) is 2.22. The van der Waals surface area contributed by atoms with Gasteiger partial charge in [-0.3, -0.25) is 4.79 Å². The molecule has 0 unspecified atom stereocenters. The van der Waals surface area contributed by atoms with Crippen LogP contribution in [0.3, 0.4) is 0 Å². The number of rotatable bonds is 9. The van der Waals surface area contributed by atoms with Crippen LogP contribution < -0.4 is 10.1 Å². The molecule has 0 saturated carbocycles. The van der Waals surface area contributed by atoms with Crippen molar-refractivity contribution in [3.8, 4) is 5.75 Å². The number of nitrogens with zero attached hydrogens (tertiary/aromatic N) is 1. The number of carbonyl (C=O) groups excluding carboxylic acids is 2. The normalized spacial score (nSPS) is 15.5. The van der Waals surface area contributed by atoms with E-state index >= 15 is 0 Å². The number of nitrogens with one attached hydrogen (secondary N) is 1. The topological polar surface area (TPSA) is 102 Å². The van der Waals surface area contributed by atoms with Crippen molar-refractivity contribution in [1.29, 1.82) is 0 Å². The summed E-state index contributed by atoms with van der Waals surface area (Å²) >= 11 is 3.87. The van der Waals surface area contributed by atoms with Crippen molar-refractivity contribution < 1.29 is 27.5 Å². The number of ether oxygens (including phenoxy) is 2. The first-order valence-electron chi connectivity index (χ1n) is 11.1. The van der Waals surface area contributed by atoms with Gasteiger partial charge in [0.2, 0.25) is 10.0 Å². The molecule has 1 aliphatic heterocycles.